The number of nitroso groups, excluding NO2 is 1. The molecule has 0 saturated heterocycles. The first-order valence-corrected chi connectivity index (χ1v) is 5.35. The summed E-state index contributed by atoms with van der Waals surface area (Å²) in [7, 11) is 3.76. The summed E-state index contributed by atoms with van der Waals surface area (Å²) in [6, 6.07) is 7.36. The van der Waals surface area contributed by atoms with Crippen molar-refractivity contribution in [1.29, 1.82) is 0 Å². The van der Waals surface area contributed by atoms with E-state index in [2.05, 4.69) is 15.6 Å². The van der Waals surface area contributed by atoms with Crippen molar-refractivity contribution in [2.24, 2.45) is 12.2 Å². The van der Waals surface area contributed by atoms with Gasteiger partial charge in [-0.15, -0.1) is 4.91 Å². The predicted octanol–water partition coefficient (Wildman–Crippen LogP) is 2.20. The molecule has 0 atom stereocenters. The van der Waals surface area contributed by atoms with Gasteiger partial charge in [-0.2, -0.15) is 5.10 Å². The molecule has 5 heteroatoms. The van der Waals surface area contributed by atoms with Gasteiger partial charge < -0.3 is 5.32 Å². The molecule has 1 aromatic heterocycles. The lowest BCUT2D eigenvalue weighted by Gasteiger charge is -2.09. The lowest BCUT2D eigenvalue weighted by molar-refractivity contribution is 0.770. The maximum atomic E-state index is 10.5. The molecule has 2 aromatic rings. The SMILES string of the molecule is CNCc1cc(N=O)ccc1-c1ccnn1C. The van der Waals surface area contributed by atoms with E-state index >= 15 is 0 Å². The number of benzene rings is 1. The summed E-state index contributed by atoms with van der Waals surface area (Å²) >= 11 is 0. The minimum Gasteiger partial charge on any atom is -0.316 e. The van der Waals surface area contributed by atoms with Crippen molar-refractivity contribution < 1.29 is 0 Å². The molecule has 0 amide bonds. The van der Waals surface area contributed by atoms with Gasteiger partial charge >= 0.3 is 0 Å². The zero-order valence-electron chi connectivity index (χ0n) is 9.84. The number of hydrogen-bond acceptors (Lipinski definition) is 4. The molecule has 0 fully saturated rings. The van der Waals surface area contributed by atoms with Crippen LogP contribution < -0.4 is 5.32 Å². The summed E-state index contributed by atoms with van der Waals surface area (Å²) in [5, 5.41) is 10.2. The molecule has 0 aliphatic rings. The van der Waals surface area contributed by atoms with Crippen LogP contribution >= 0.6 is 0 Å². The van der Waals surface area contributed by atoms with Crippen LogP contribution in [0.2, 0.25) is 0 Å². The van der Waals surface area contributed by atoms with Crippen LogP contribution in [0.25, 0.3) is 11.3 Å². The van der Waals surface area contributed by atoms with E-state index in [1.807, 2.05) is 30.9 Å². The molecule has 1 N–H and O–H groups in total. The molecule has 0 bridgehead atoms. The van der Waals surface area contributed by atoms with Crippen molar-refractivity contribution in [2.45, 2.75) is 6.54 Å². The van der Waals surface area contributed by atoms with Gasteiger partial charge in [-0.05, 0) is 36.0 Å². The number of rotatable bonds is 4. The molecule has 0 aliphatic heterocycles. The minimum atomic E-state index is 0.446. The van der Waals surface area contributed by atoms with Gasteiger partial charge in [-0.25, -0.2) is 0 Å². The third kappa shape index (κ3) is 2.24. The fraction of sp³-hybridized carbons (Fsp3) is 0.250. The number of aryl methyl sites for hydroxylation is 1. The first-order valence-electron chi connectivity index (χ1n) is 5.35. The maximum Gasteiger partial charge on any atom is 0.108 e. The summed E-state index contributed by atoms with van der Waals surface area (Å²) in [6.45, 7) is 0.684. The van der Waals surface area contributed by atoms with E-state index in [1.165, 1.54) is 0 Å². The average Bonchev–Trinajstić information content (AvgIpc) is 2.76. The highest BCUT2D eigenvalue weighted by Crippen LogP contribution is 2.27. The number of nitrogens with one attached hydrogen (secondary N) is 1. The van der Waals surface area contributed by atoms with Crippen molar-refractivity contribution in [3.63, 3.8) is 0 Å². The molecule has 17 heavy (non-hydrogen) atoms. The molecule has 0 spiro atoms. The Morgan fingerprint density at radius 3 is 2.82 bits per heavy atom. The van der Waals surface area contributed by atoms with Crippen LogP contribution in [-0.2, 0) is 13.6 Å². The zero-order chi connectivity index (χ0) is 12.3. The minimum absolute atomic E-state index is 0.446. The number of aromatic nitrogens is 2. The predicted molar refractivity (Wildman–Crippen MR) is 66.9 cm³/mol. The highest BCUT2D eigenvalue weighted by molar-refractivity contribution is 5.66. The van der Waals surface area contributed by atoms with E-state index < -0.39 is 0 Å². The maximum absolute atomic E-state index is 10.5. The molecule has 0 saturated carbocycles. The van der Waals surface area contributed by atoms with Crippen LogP contribution in [0, 0.1) is 4.91 Å². The lowest BCUT2D eigenvalue weighted by atomic mass is 10.0. The van der Waals surface area contributed by atoms with Gasteiger partial charge in [-0.3, -0.25) is 4.68 Å². The quantitative estimate of drug-likeness (QED) is 0.819. The van der Waals surface area contributed by atoms with E-state index in [0.29, 0.717) is 12.2 Å². The highest BCUT2D eigenvalue weighted by atomic mass is 16.3. The number of nitrogens with zero attached hydrogens (tertiary/aromatic N) is 3. The van der Waals surface area contributed by atoms with Gasteiger partial charge in [0.25, 0.3) is 0 Å². The molecular formula is C12H14N4O. The lowest BCUT2D eigenvalue weighted by Crippen LogP contribution is -2.07. The van der Waals surface area contributed by atoms with E-state index in [-0.39, 0.29) is 0 Å². The fourth-order valence-electron chi connectivity index (χ4n) is 1.86. The molecular weight excluding hydrogens is 216 g/mol. The molecule has 1 aromatic carbocycles. The average molecular weight is 230 g/mol. The molecule has 0 unspecified atom stereocenters. The largest absolute Gasteiger partial charge is 0.316 e. The topological polar surface area (TPSA) is 59.3 Å². The summed E-state index contributed by atoms with van der Waals surface area (Å²) in [4.78, 5) is 10.5. The van der Waals surface area contributed by atoms with Gasteiger partial charge in [0, 0.05) is 25.4 Å². The second-order valence-electron chi connectivity index (χ2n) is 3.80. The first kappa shape index (κ1) is 11.5. The highest BCUT2D eigenvalue weighted by Gasteiger charge is 2.09. The van der Waals surface area contributed by atoms with Gasteiger partial charge in [0.15, 0.2) is 0 Å². The Morgan fingerprint density at radius 1 is 1.41 bits per heavy atom. The summed E-state index contributed by atoms with van der Waals surface area (Å²) in [5.74, 6) is 0. The van der Waals surface area contributed by atoms with Crippen LogP contribution in [0.5, 0.6) is 0 Å². The van der Waals surface area contributed by atoms with Crippen molar-refractivity contribution in [1.82, 2.24) is 15.1 Å². The standard InChI is InChI=1S/C12H14N4O/c1-13-8-9-7-10(15-17)3-4-11(9)12-5-6-14-16(12)2/h3-7,13H,8H2,1-2H3. The Bertz CT molecular complexity index is 533. The molecule has 88 valence electrons. The third-order valence-corrected chi connectivity index (χ3v) is 2.66. The molecule has 5 nitrogen and oxygen atoms in total. The Labute approximate surface area is 99.4 Å². The molecule has 1 heterocycles. The van der Waals surface area contributed by atoms with E-state index in [4.69, 9.17) is 0 Å². The van der Waals surface area contributed by atoms with Gasteiger partial charge in [0.2, 0.25) is 0 Å². The van der Waals surface area contributed by atoms with E-state index in [9.17, 15) is 4.91 Å². The summed E-state index contributed by atoms with van der Waals surface area (Å²) < 4.78 is 1.81. The van der Waals surface area contributed by atoms with Crippen LogP contribution in [-0.4, -0.2) is 16.8 Å². The fourth-order valence-corrected chi connectivity index (χ4v) is 1.86. The van der Waals surface area contributed by atoms with Crippen LogP contribution in [0.4, 0.5) is 5.69 Å². The van der Waals surface area contributed by atoms with Crippen molar-refractivity contribution in [3.8, 4) is 11.3 Å². The Hall–Kier alpha value is -2.01. The Balaban J connectivity index is 2.53. The van der Waals surface area contributed by atoms with Crippen molar-refractivity contribution in [3.05, 3.63) is 40.9 Å². The first-order chi connectivity index (χ1) is 8.26. The van der Waals surface area contributed by atoms with Crippen molar-refractivity contribution >= 4 is 5.69 Å². The normalized spacial score (nSPS) is 10.5. The monoisotopic (exact) mass is 230 g/mol. The molecule has 0 radical (unpaired) electrons. The van der Waals surface area contributed by atoms with Gasteiger partial charge in [-0.1, -0.05) is 6.07 Å². The third-order valence-electron chi connectivity index (χ3n) is 2.66. The van der Waals surface area contributed by atoms with E-state index in [1.54, 1.807) is 18.3 Å². The zero-order valence-corrected chi connectivity index (χ0v) is 9.84. The van der Waals surface area contributed by atoms with E-state index in [0.717, 1.165) is 16.8 Å². The number of hydrogen-bond donors (Lipinski definition) is 1. The van der Waals surface area contributed by atoms with Gasteiger partial charge in [0.05, 0.1) is 5.69 Å². The van der Waals surface area contributed by atoms with Crippen LogP contribution in [0.15, 0.2) is 35.6 Å². The smallest absolute Gasteiger partial charge is 0.108 e. The Kier molecular flexibility index (Phi) is 3.30. The van der Waals surface area contributed by atoms with Gasteiger partial charge in [0.1, 0.15) is 5.69 Å². The van der Waals surface area contributed by atoms with Crippen LogP contribution in [0.3, 0.4) is 0 Å². The van der Waals surface area contributed by atoms with Crippen molar-refractivity contribution in [2.75, 3.05) is 7.05 Å². The molecule has 0 aliphatic carbocycles. The molecule has 2 rings (SSSR count). The Morgan fingerprint density at radius 2 is 2.24 bits per heavy atom. The second kappa shape index (κ2) is 4.88. The summed E-state index contributed by atoms with van der Waals surface area (Å²) in [6.07, 6.45) is 1.75. The van der Waals surface area contributed by atoms with Crippen LogP contribution in [0.1, 0.15) is 5.56 Å². The summed E-state index contributed by atoms with van der Waals surface area (Å²) in [5.41, 5.74) is 3.56. The second-order valence-corrected chi connectivity index (χ2v) is 3.80.